The van der Waals surface area contributed by atoms with E-state index in [4.69, 9.17) is 11.6 Å². The molecule has 2 fully saturated rings. The maximum Gasteiger partial charge on any atom is 0.220 e. The molecule has 120 valence electrons. The van der Waals surface area contributed by atoms with E-state index >= 15 is 0 Å². The zero-order valence-corrected chi connectivity index (χ0v) is 13.2. The summed E-state index contributed by atoms with van der Waals surface area (Å²) in [5, 5.41) is 22.4. The van der Waals surface area contributed by atoms with Crippen molar-refractivity contribution in [2.24, 2.45) is 17.8 Å². The number of benzene rings is 1. The lowest BCUT2D eigenvalue weighted by atomic mass is 9.85. The van der Waals surface area contributed by atoms with E-state index in [1.165, 1.54) is 12.8 Å². The monoisotopic (exact) mass is 323 g/mol. The number of carbonyl (C=O) groups is 1. The highest BCUT2D eigenvalue weighted by atomic mass is 35.5. The Kier molecular flexibility index (Phi) is 4.59. The molecule has 0 radical (unpaired) electrons. The number of aromatic hydroxyl groups is 1. The number of halogens is 1. The van der Waals surface area contributed by atoms with E-state index in [0.717, 1.165) is 12.0 Å². The van der Waals surface area contributed by atoms with E-state index < -0.39 is 0 Å². The summed E-state index contributed by atoms with van der Waals surface area (Å²) in [6.45, 7) is 0.166. The molecular weight excluding hydrogens is 302 g/mol. The van der Waals surface area contributed by atoms with Gasteiger partial charge in [0.1, 0.15) is 5.75 Å². The summed E-state index contributed by atoms with van der Waals surface area (Å²) in [6, 6.07) is 5.16. The van der Waals surface area contributed by atoms with Crippen LogP contribution < -0.4 is 5.32 Å². The Morgan fingerprint density at radius 3 is 2.82 bits per heavy atom. The molecule has 3 N–H and O–H groups in total. The van der Waals surface area contributed by atoms with E-state index in [0.29, 0.717) is 29.7 Å². The summed E-state index contributed by atoms with van der Waals surface area (Å²) in [7, 11) is 0. The largest absolute Gasteiger partial charge is 0.506 e. The van der Waals surface area contributed by atoms with E-state index in [1.54, 1.807) is 18.2 Å². The number of aryl methyl sites for hydroxylation is 1. The second kappa shape index (κ2) is 6.47. The molecule has 5 heteroatoms. The SMILES string of the molecule is O=C(CCc1ccc(O)c(Cl)c1)N[C@@H]1[C@H]2CC[C@@H](C2)[C@@H]1CO. The van der Waals surface area contributed by atoms with Gasteiger partial charge >= 0.3 is 0 Å². The molecule has 4 nitrogen and oxygen atoms in total. The highest BCUT2D eigenvalue weighted by Gasteiger charge is 2.47. The average molecular weight is 324 g/mol. The van der Waals surface area contributed by atoms with Gasteiger partial charge in [0.15, 0.2) is 0 Å². The molecule has 2 aliphatic rings. The molecule has 0 saturated heterocycles. The lowest BCUT2D eigenvalue weighted by Gasteiger charge is -2.30. The predicted molar refractivity (Wildman–Crippen MR) is 84.8 cm³/mol. The average Bonchev–Trinajstić information content (AvgIpc) is 3.09. The van der Waals surface area contributed by atoms with Gasteiger partial charge in [-0.25, -0.2) is 0 Å². The first-order valence-electron chi connectivity index (χ1n) is 7.96. The van der Waals surface area contributed by atoms with Crippen LogP contribution in [0.4, 0.5) is 0 Å². The Morgan fingerprint density at radius 2 is 2.09 bits per heavy atom. The van der Waals surface area contributed by atoms with Crippen molar-refractivity contribution < 1.29 is 15.0 Å². The second-order valence-electron chi connectivity index (χ2n) is 6.56. The fraction of sp³-hybridized carbons (Fsp3) is 0.588. The minimum Gasteiger partial charge on any atom is -0.506 e. The minimum absolute atomic E-state index is 0.0280. The summed E-state index contributed by atoms with van der Waals surface area (Å²) in [4.78, 5) is 12.2. The summed E-state index contributed by atoms with van der Waals surface area (Å²) in [5.41, 5.74) is 0.935. The number of phenols is 1. The number of amides is 1. The molecule has 2 aliphatic carbocycles. The van der Waals surface area contributed by atoms with Gasteiger partial charge in [-0.05, 0) is 55.2 Å². The van der Waals surface area contributed by atoms with Gasteiger partial charge < -0.3 is 15.5 Å². The summed E-state index contributed by atoms with van der Waals surface area (Å²) in [5.74, 6) is 1.43. The maximum absolute atomic E-state index is 12.2. The second-order valence-corrected chi connectivity index (χ2v) is 6.97. The van der Waals surface area contributed by atoms with Gasteiger partial charge in [-0.3, -0.25) is 4.79 Å². The Balaban J connectivity index is 1.53. The molecule has 0 spiro atoms. The number of phenolic OH excluding ortho intramolecular Hbond substituents is 1. The van der Waals surface area contributed by atoms with E-state index in [2.05, 4.69) is 5.32 Å². The number of hydrogen-bond donors (Lipinski definition) is 3. The predicted octanol–water partition coefficient (Wildman–Crippen LogP) is 2.50. The van der Waals surface area contributed by atoms with Gasteiger partial charge in [0.2, 0.25) is 5.91 Å². The fourth-order valence-corrected chi connectivity index (χ4v) is 4.32. The summed E-state index contributed by atoms with van der Waals surface area (Å²) < 4.78 is 0. The lowest BCUT2D eigenvalue weighted by Crippen LogP contribution is -2.45. The Bertz CT molecular complexity index is 563. The van der Waals surface area contributed by atoms with Crippen molar-refractivity contribution in [3.05, 3.63) is 28.8 Å². The number of nitrogens with one attached hydrogen (secondary N) is 1. The first kappa shape index (κ1) is 15.6. The number of carbonyl (C=O) groups excluding carboxylic acids is 1. The first-order chi connectivity index (χ1) is 10.6. The van der Waals surface area contributed by atoms with E-state index in [1.807, 2.05) is 0 Å². The van der Waals surface area contributed by atoms with Crippen LogP contribution in [0.25, 0.3) is 0 Å². The van der Waals surface area contributed by atoms with Crippen LogP contribution in [0, 0.1) is 17.8 Å². The molecular formula is C17H22ClNO3. The molecule has 0 unspecified atom stereocenters. The number of hydrogen-bond acceptors (Lipinski definition) is 3. The van der Waals surface area contributed by atoms with E-state index in [9.17, 15) is 15.0 Å². The third-order valence-corrected chi connectivity index (χ3v) is 5.58. The third kappa shape index (κ3) is 3.08. The topological polar surface area (TPSA) is 69.6 Å². The maximum atomic E-state index is 12.2. The van der Waals surface area contributed by atoms with E-state index in [-0.39, 0.29) is 30.2 Å². The highest BCUT2D eigenvalue weighted by molar-refractivity contribution is 6.32. The van der Waals surface area contributed by atoms with Crippen LogP contribution in [0.1, 0.15) is 31.2 Å². The zero-order valence-electron chi connectivity index (χ0n) is 12.5. The molecule has 1 amide bonds. The number of aliphatic hydroxyl groups excluding tert-OH is 1. The Morgan fingerprint density at radius 1 is 1.32 bits per heavy atom. The van der Waals surface area contributed by atoms with Crippen molar-refractivity contribution >= 4 is 17.5 Å². The third-order valence-electron chi connectivity index (χ3n) is 5.28. The van der Waals surface area contributed by atoms with Gasteiger partial charge in [0.05, 0.1) is 5.02 Å². The van der Waals surface area contributed by atoms with Gasteiger partial charge in [-0.1, -0.05) is 17.7 Å². The molecule has 2 saturated carbocycles. The Labute approximate surface area is 135 Å². The highest BCUT2D eigenvalue weighted by Crippen LogP contribution is 2.48. The molecule has 1 aromatic rings. The van der Waals surface area contributed by atoms with Crippen LogP contribution in [0.5, 0.6) is 5.75 Å². The van der Waals surface area contributed by atoms with Crippen LogP contribution in [-0.2, 0) is 11.2 Å². The van der Waals surface area contributed by atoms with Crippen LogP contribution in [0.2, 0.25) is 5.02 Å². The fourth-order valence-electron chi connectivity index (χ4n) is 4.12. The summed E-state index contributed by atoms with van der Waals surface area (Å²) >= 11 is 5.87. The van der Waals surface area contributed by atoms with Crippen molar-refractivity contribution in [1.29, 1.82) is 0 Å². The molecule has 0 heterocycles. The van der Waals surface area contributed by atoms with Crippen LogP contribution in [0.15, 0.2) is 18.2 Å². The molecule has 22 heavy (non-hydrogen) atoms. The van der Waals surface area contributed by atoms with Gasteiger partial charge in [-0.2, -0.15) is 0 Å². The first-order valence-corrected chi connectivity index (χ1v) is 8.34. The zero-order chi connectivity index (χ0) is 15.7. The molecule has 0 aliphatic heterocycles. The van der Waals surface area contributed by atoms with Crippen molar-refractivity contribution in [1.82, 2.24) is 5.32 Å². The molecule has 2 bridgehead atoms. The smallest absolute Gasteiger partial charge is 0.220 e. The van der Waals surface area contributed by atoms with Gasteiger partial charge in [0.25, 0.3) is 0 Å². The van der Waals surface area contributed by atoms with Crippen molar-refractivity contribution in [3.8, 4) is 5.75 Å². The van der Waals surface area contributed by atoms with Crippen molar-refractivity contribution in [2.75, 3.05) is 6.61 Å². The minimum atomic E-state index is 0.0280. The molecule has 4 atom stereocenters. The summed E-state index contributed by atoms with van der Waals surface area (Å²) in [6.07, 6.45) is 4.49. The number of fused-ring (bicyclic) bond motifs is 2. The molecule has 0 aromatic heterocycles. The standard InChI is InChI=1S/C17H22ClNO3/c18-14-7-10(1-5-15(14)21)2-6-16(22)19-17-12-4-3-11(8-12)13(17)9-20/h1,5,7,11-13,17,20-21H,2-4,6,8-9H2,(H,19,22)/t11-,12-,13-,17+/m0/s1. The normalized spacial score (nSPS) is 29.7. The Hall–Kier alpha value is -1.26. The lowest BCUT2D eigenvalue weighted by molar-refractivity contribution is -0.122. The van der Waals surface area contributed by atoms with Gasteiger partial charge in [-0.15, -0.1) is 0 Å². The van der Waals surface area contributed by atoms with Crippen molar-refractivity contribution in [2.45, 2.75) is 38.1 Å². The number of rotatable bonds is 5. The van der Waals surface area contributed by atoms with Gasteiger partial charge in [0, 0.05) is 25.0 Å². The molecule has 3 rings (SSSR count). The van der Waals surface area contributed by atoms with Crippen LogP contribution in [-0.4, -0.2) is 28.8 Å². The van der Waals surface area contributed by atoms with Crippen LogP contribution >= 0.6 is 11.6 Å². The number of aliphatic hydroxyl groups is 1. The van der Waals surface area contributed by atoms with Crippen molar-refractivity contribution in [3.63, 3.8) is 0 Å². The molecule has 1 aromatic carbocycles. The quantitative estimate of drug-likeness (QED) is 0.779. The van der Waals surface area contributed by atoms with Crippen LogP contribution in [0.3, 0.4) is 0 Å².